The van der Waals surface area contributed by atoms with Gasteiger partial charge in [-0.1, -0.05) is 41.4 Å². The van der Waals surface area contributed by atoms with Gasteiger partial charge in [0, 0.05) is 14.9 Å². The van der Waals surface area contributed by atoms with Crippen molar-refractivity contribution < 1.29 is 9.59 Å². The molecule has 6 heteroatoms. The van der Waals surface area contributed by atoms with Gasteiger partial charge < -0.3 is 0 Å². The fraction of sp³-hybridized carbons (Fsp3) is 0.125. The number of benzene rings is 2. The van der Waals surface area contributed by atoms with E-state index in [0.29, 0.717) is 15.6 Å². The number of carbonyl (C=O) groups excluding carboxylic acids is 2. The second kappa shape index (κ2) is 6.32. The molecule has 0 spiro atoms. The largest absolute Gasteiger partial charge is 0.295 e. The zero-order valence-corrected chi connectivity index (χ0v) is 13.6. The highest BCUT2D eigenvalue weighted by atomic mass is 35.5. The third kappa shape index (κ3) is 3.00. The number of thioether (sulfide) groups is 1. The van der Waals surface area contributed by atoms with Gasteiger partial charge in [0.1, 0.15) is 5.25 Å². The van der Waals surface area contributed by atoms with E-state index in [4.69, 9.17) is 23.2 Å². The van der Waals surface area contributed by atoms with Crippen LogP contribution in [-0.4, -0.2) is 17.1 Å². The van der Waals surface area contributed by atoms with Gasteiger partial charge in [-0.2, -0.15) is 0 Å². The van der Waals surface area contributed by atoms with Crippen molar-refractivity contribution in [2.75, 3.05) is 0 Å². The summed E-state index contributed by atoms with van der Waals surface area (Å²) < 4.78 is 0. The first-order valence-corrected chi connectivity index (χ1v) is 8.21. The minimum absolute atomic E-state index is 0.296. The molecule has 3 nitrogen and oxygen atoms in total. The van der Waals surface area contributed by atoms with Crippen LogP contribution in [0.25, 0.3) is 0 Å². The monoisotopic (exact) mass is 351 g/mol. The lowest BCUT2D eigenvalue weighted by Gasteiger charge is -2.16. The highest BCUT2D eigenvalue weighted by Gasteiger charge is 2.43. The van der Waals surface area contributed by atoms with Gasteiger partial charge in [0.05, 0.1) is 5.92 Å². The van der Waals surface area contributed by atoms with Crippen molar-refractivity contribution in [3.8, 4) is 0 Å². The van der Waals surface area contributed by atoms with Crippen molar-refractivity contribution in [1.29, 1.82) is 0 Å². The number of carbonyl (C=O) groups is 2. The zero-order valence-electron chi connectivity index (χ0n) is 11.3. The summed E-state index contributed by atoms with van der Waals surface area (Å²) in [6, 6.07) is 14.3. The maximum absolute atomic E-state index is 12.2. The molecule has 2 unspecified atom stereocenters. The van der Waals surface area contributed by atoms with E-state index in [9.17, 15) is 9.59 Å². The summed E-state index contributed by atoms with van der Waals surface area (Å²) in [5, 5.41) is 2.95. The summed E-state index contributed by atoms with van der Waals surface area (Å²) in [5.74, 6) is -1.21. The molecule has 2 atom stereocenters. The quantitative estimate of drug-likeness (QED) is 0.853. The molecule has 1 N–H and O–H groups in total. The Bertz CT molecular complexity index is 733. The molecule has 1 fully saturated rings. The van der Waals surface area contributed by atoms with E-state index in [-0.39, 0.29) is 11.8 Å². The summed E-state index contributed by atoms with van der Waals surface area (Å²) in [4.78, 5) is 25.2. The summed E-state index contributed by atoms with van der Waals surface area (Å²) in [5.41, 5.74) is 0.666. The maximum atomic E-state index is 12.2. The van der Waals surface area contributed by atoms with Crippen LogP contribution in [0.3, 0.4) is 0 Å². The van der Waals surface area contributed by atoms with Crippen molar-refractivity contribution in [2.24, 2.45) is 0 Å². The lowest BCUT2D eigenvalue weighted by atomic mass is 9.97. The first-order valence-electron chi connectivity index (χ1n) is 6.57. The van der Waals surface area contributed by atoms with Gasteiger partial charge in [0.15, 0.2) is 0 Å². The van der Waals surface area contributed by atoms with E-state index in [2.05, 4.69) is 5.32 Å². The molecule has 1 aliphatic rings. The average Bonchev–Trinajstić information content (AvgIpc) is 2.76. The van der Waals surface area contributed by atoms with E-state index in [1.54, 1.807) is 36.4 Å². The van der Waals surface area contributed by atoms with Crippen LogP contribution in [0.5, 0.6) is 0 Å². The standard InChI is InChI=1S/C16H11Cl2NO2S/c17-9-5-7-10(8-6-9)22-14-13(15(20)19-16(14)21)11-3-1-2-4-12(11)18/h1-8,13-14H,(H,19,20,21). The minimum atomic E-state index is -0.595. The first-order chi connectivity index (χ1) is 10.6. The molecule has 22 heavy (non-hydrogen) atoms. The Balaban J connectivity index is 1.93. The normalized spacial score (nSPS) is 21.0. The van der Waals surface area contributed by atoms with Crippen LogP contribution in [0.1, 0.15) is 11.5 Å². The number of amides is 2. The molecule has 0 aliphatic carbocycles. The third-order valence-electron chi connectivity index (χ3n) is 3.41. The minimum Gasteiger partial charge on any atom is -0.295 e. The van der Waals surface area contributed by atoms with Crippen LogP contribution >= 0.6 is 35.0 Å². The number of hydrogen-bond acceptors (Lipinski definition) is 3. The van der Waals surface area contributed by atoms with Crippen molar-refractivity contribution in [1.82, 2.24) is 5.32 Å². The third-order valence-corrected chi connectivity index (χ3v) is 5.29. The predicted octanol–water partition coefficient (Wildman–Crippen LogP) is 3.89. The number of rotatable bonds is 3. The molecule has 2 aromatic rings. The molecule has 3 rings (SSSR count). The second-order valence-corrected chi connectivity index (χ2v) is 6.90. The first kappa shape index (κ1) is 15.4. The van der Waals surface area contributed by atoms with E-state index < -0.39 is 11.2 Å². The highest BCUT2D eigenvalue weighted by molar-refractivity contribution is 8.00. The summed E-state index contributed by atoms with van der Waals surface area (Å²) >= 11 is 13.4. The molecule has 1 heterocycles. The highest BCUT2D eigenvalue weighted by Crippen LogP contribution is 2.39. The van der Waals surface area contributed by atoms with Crippen LogP contribution in [-0.2, 0) is 9.59 Å². The van der Waals surface area contributed by atoms with Gasteiger partial charge in [-0.05, 0) is 35.9 Å². The van der Waals surface area contributed by atoms with Gasteiger partial charge in [0.25, 0.3) is 0 Å². The molecule has 0 bridgehead atoms. The summed E-state index contributed by atoms with van der Waals surface area (Å²) in [6.45, 7) is 0. The molecule has 1 aliphatic heterocycles. The van der Waals surface area contributed by atoms with Crippen molar-refractivity contribution in [2.45, 2.75) is 16.1 Å². The molecule has 112 valence electrons. The van der Waals surface area contributed by atoms with Crippen LogP contribution < -0.4 is 5.32 Å². The molecule has 1 saturated heterocycles. The van der Waals surface area contributed by atoms with Crippen LogP contribution in [0.2, 0.25) is 10.0 Å². The molecular weight excluding hydrogens is 341 g/mol. The SMILES string of the molecule is O=C1NC(=O)C(c2ccccc2Cl)C1Sc1ccc(Cl)cc1. The Kier molecular flexibility index (Phi) is 4.43. The second-order valence-electron chi connectivity index (χ2n) is 4.85. The smallest absolute Gasteiger partial charge is 0.241 e. The number of hydrogen-bond donors (Lipinski definition) is 1. The summed E-state index contributed by atoms with van der Waals surface area (Å²) in [7, 11) is 0. The predicted molar refractivity (Wildman–Crippen MR) is 88.4 cm³/mol. The number of halogens is 2. The molecule has 0 radical (unpaired) electrons. The van der Waals surface area contributed by atoms with Crippen LogP contribution in [0, 0.1) is 0 Å². The number of imide groups is 1. The Morgan fingerprint density at radius 2 is 1.59 bits per heavy atom. The van der Waals surface area contributed by atoms with Gasteiger partial charge in [0.2, 0.25) is 11.8 Å². The maximum Gasteiger partial charge on any atom is 0.241 e. The Morgan fingerprint density at radius 3 is 2.27 bits per heavy atom. The van der Waals surface area contributed by atoms with E-state index in [1.165, 1.54) is 11.8 Å². The van der Waals surface area contributed by atoms with Gasteiger partial charge in [-0.15, -0.1) is 11.8 Å². The molecule has 2 aromatic carbocycles. The molecule has 0 aromatic heterocycles. The zero-order chi connectivity index (χ0) is 15.7. The van der Waals surface area contributed by atoms with Crippen molar-refractivity contribution in [3.63, 3.8) is 0 Å². The number of nitrogens with one attached hydrogen (secondary N) is 1. The lowest BCUT2D eigenvalue weighted by molar-refractivity contribution is -0.125. The van der Waals surface area contributed by atoms with Crippen molar-refractivity contribution >= 4 is 46.8 Å². The lowest BCUT2D eigenvalue weighted by Crippen LogP contribution is -2.22. The van der Waals surface area contributed by atoms with Crippen LogP contribution in [0.15, 0.2) is 53.4 Å². The van der Waals surface area contributed by atoms with Gasteiger partial charge in [-0.3, -0.25) is 14.9 Å². The molecule has 0 saturated carbocycles. The van der Waals surface area contributed by atoms with E-state index >= 15 is 0 Å². The van der Waals surface area contributed by atoms with Gasteiger partial charge >= 0.3 is 0 Å². The Morgan fingerprint density at radius 1 is 0.909 bits per heavy atom. The molecule has 2 amide bonds. The van der Waals surface area contributed by atoms with Crippen molar-refractivity contribution in [3.05, 3.63) is 64.1 Å². The van der Waals surface area contributed by atoms with E-state index in [1.807, 2.05) is 12.1 Å². The topological polar surface area (TPSA) is 46.2 Å². The van der Waals surface area contributed by atoms with Gasteiger partial charge in [-0.25, -0.2) is 0 Å². The average molecular weight is 352 g/mol. The Labute approximate surface area is 142 Å². The van der Waals surface area contributed by atoms with Crippen LogP contribution in [0.4, 0.5) is 0 Å². The fourth-order valence-corrected chi connectivity index (χ4v) is 3.91. The Hall–Kier alpha value is -1.49. The fourth-order valence-electron chi connectivity index (χ4n) is 2.37. The van der Waals surface area contributed by atoms with E-state index in [0.717, 1.165) is 4.90 Å². The summed E-state index contributed by atoms with van der Waals surface area (Å²) in [6.07, 6.45) is 0. The molecular formula is C16H11Cl2NO2S.